The summed E-state index contributed by atoms with van der Waals surface area (Å²) in [5.41, 5.74) is 1.06. The molecule has 1 atom stereocenters. The van der Waals surface area contributed by atoms with E-state index in [2.05, 4.69) is 5.32 Å². The molecule has 1 aromatic carbocycles. The van der Waals surface area contributed by atoms with Crippen molar-refractivity contribution in [1.29, 1.82) is 0 Å². The number of piperidine rings is 1. The summed E-state index contributed by atoms with van der Waals surface area (Å²) in [7, 11) is 0. The molecule has 5 heteroatoms. The van der Waals surface area contributed by atoms with Gasteiger partial charge in [0.15, 0.2) is 0 Å². The predicted octanol–water partition coefficient (Wildman–Crippen LogP) is 2.52. The van der Waals surface area contributed by atoms with Crippen LogP contribution in [0.3, 0.4) is 0 Å². The van der Waals surface area contributed by atoms with Crippen LogP contribution in [0, 0.1) is 5.92 Å². The molecule has 0 unspecified atom stereocenters. The van der Waals surface area contributed by atoms with Gasteiger partial charge in [-0.3, -0.25) is 9.59 Å². The van der Waals surface area contributed by atoms with Gasteiger partial charge in [0.2, 0.25) is 11.8 Å². The Labute approximate surface area is 138 Å². The van der Waals surface area contributed by atoms with Crippen molar-refractivity contribution in [2.24, 2.45) is 5.92 Å². The van der Waals surface area contributed by atoms with E-state index in [9.17, 15) is 9.59 Å². The molecule has 1 fully saturated rings. The molecule has 1 saturated heterocycles. The number of amides is 2. The lowest BCUT2D eigenvalue weighted by Crippen LogP contribution is -2.42. The largest absolute Gasteiger partial charge is 0.494 e. The molecule has 1 aromatic rings. The Morgan fingerprint density at radius 3 is 2.39 bits per heavy atom. The zero-order chi connectivity index (χ0) is 16.8. The summed E-state index contributed by atoms with van der Waals surface area (Å²) in [6, 6.07) is 7.77. The number of benzene rings is 1. The molecule has 23 heavy (non-hydrogen) atoms. The average molecular weight is 318 g/mol. The molecule has 126 valence electrons. The van der Waals surface area contributed by atoms with Crippen molar-refractivity contribution < 1.29 is 14.3 Å². The fraction of sp³-hybridized carbons (Fsp3) is 0.556. The maximum absolute atomic E-state index is 12.4. The van der Waals surface area contributed by atoms with Crippen LogP contribution in [0.2, 0.25) is 0 Å². The minimum Gasteiger partial charge on any atom is -0.494 e. The zero-order valence-corrected chi connectivity index (χ0v) is 14.2. The van der Waals surface area contributed by atoms with Crippen molar-refractivity contribution in [3.8, 4) is 5.75 Å². The highest BCUT2D eigenvalue weighted by Gasteiger charge is 2.26. The van der Waals surface area contributed by atoms with E-state index in [0.717, 1.165) is 24.2 Å². The third-order valence-corrected chi connectivity index (χ3v) is 4.36. The van der Waals surface area contributed by atoms with Crippen LogP contribution >= 0.6 is 0 Å². The van der Waals surface area contributed by atoms with E-state index in [1.54, 1.807) is 11.8 Å². The van der Waals surface area contributed by atoms with E-state index in [1.165, 1.54) is 0 Å². The van der Waals surface area contributed by atoms with Crippen LogP contribution in [0.4, 0.5) is 0 Å². The molecule has 1 heterocycles. The van der Waals surface area contributed by atoms with Crippen LogP contribution in [0.5, 0.6) is 5.75 Å². The Kier molecular flexibility index (Phi) is 6.02. The third-order valence-electron chi connectivity index (χ3n) is 4.36. The van der Waals surface area contributed by atoms with Gasteiger partial charge in [-0.05, 0) is 44.4 Å². The Bertz CT molecular complexity index is 534. The third kappa shape index (κ3) is 4.71. The molecule has 2 amide bonds. The molecule has 1 aliphatic heterocycles. The van der Waals surface area contributed by atoms with Gasteiger partial charge < -0.3 is 15.0 Å². The number of carbonyl (C=O) groups excluding carboxylic acids is 2. The van der Waals surface area contributed by atoms with E-state index >= 15 is 0 Å². The first-order chi connectivity index (χ1) is 11.0. The number of carbonyl (C=O) groups is 2. The lowest BCUT2D eigenvalue weighted by molar-refractivity contribution is -0.134. The molecule has 0 spiro atoms. The second kappa shape index (κ2) is 7.99. The van der Waals surface area contributed by atoms with Gasteiger partial charge in [-0.25, -0.2) is 0 Å². The van der Waals surface area contributed by atoms with Crippen LogP contribution in [0.15, 0.2) is 24.3 Å². The lowest BCUT2D eigenvalue weighted by Gasteiger charge is -2.31. The fourth-order valence-corrected chi connectivity index (χ4v) is 2.89. The van der Waals surface area contributed by atoms with Gasteiger partial charge in [0.1, 0.15) is 5.75 Å². The van der Waals surface area contributed by atoms with Gasteiger partial charge in [0.25, 0.3) is 0 Å². The molecule has 1 aliphatic rings. The smallest absolute Gasteiger partial charge is 0.223 e. The predicted molar refractivity (Wildman–Crippen MR) is 89.1 cm³/mol. The summed E-state index contributed by atoms with van der Waals surface area (Å²) in [6.07, 6.45) is 1.48. The number of nitrogens with zero attached hydrogens (tertiary/aromatic N) is 1. The molecule has 0 aromatic heterocycles. The normalized spacial score (nSPS) is 16.7. The molecule has 0 bridgehead atoms. The van der Waals surface area contributed by atoms with Crippen LogP contribution in [0.1, 0.15) is 45.2 Å². The van der Waals surface area contributed by atoms with Gasteiger partial charge >= 0.3 is 0 Å². The maximum Gasteiger partial charge on any atom is 0.223 e. The van der Waals surface area contributed by atoms with Gasteiger partial charge in [-0.2, -0.15) is 0 Å². The second-order valence-corrected chi connectivity index (χ2v) is 6.01. The SMILES string of the molecule is CCOc1ccc([C@H](C)NC(=O)C2CCN(C(C)=O)CC2)cc1. The summed E-state index contributed by atoms with van der Waals surface area (Å²) < 4.78 is 5.43. The minimum absolute atomic E-state index is 0.00394. The highest BCUT2D eigenvalue weighted by molar-refractivity contribution is 5.80. The summed E-state index contributed by atoms with van der Waals surface area (Å²) in [6.45, 7) is 7.50. The number of nitrogens with one attached hydrogen (secondary N) is 1. The average Bonchev–Trinajstić information content (AvgIpc) is 2.55. The van der Waals surface area contributed by atoms with Gasteiger partial charge in [0.05, 0.1) is 12.6 Å². The maximum atomic E-state index is 12.4. The quantitative estimate of drug-likeness (QED) is 0.907. The fourth-order valence-electron chi connectivity index (χ4n) is 2.89. The van der Waals surface area contributed by atoms with Crippen LogP contribution in [-0.4, -0.2) is 36.4 Å². The molecule has 2 rings (SSSR count). The van der Waals surface area contributed by atoms with E-state index in [-0.39, 0.29) is 23.8 Å². The Morgan fingerprint density at radius 2 is 1.87 bits per heavy atom. The first kappa shape index (κ1) is 17.3. The van der Waals surface area contributed by atoms with Crippen molar-refractivity contribution in [2.45, 2.75) is 39.7 Å². The standard InChI is InChI=1S/C18H26N2O3/c1-4-23-17-7-5-15(6-8-17)13(2)19-18(22)16-9-11-20(12-10-16)14(3)21/h5-8,13,16H,4,9-12H2,1-3H3,(H,19,22)/t13-/m0/s1. The van der Waals surface area contributed by atoms with Crippen LogP contribution in [-0.2, 0) is 9.59 Å². The molecular weight excluding hydrogens is 292 g/mol. The molecule has 0 saturated carbocycles. The molecule has 5 nitrogen and oxygen atoms in total. The zero-order valence-electron chi connectivity index (χ0n) is 14.2. The number of hydrogen-bond donors (Lipinski definition) is 1. The number of hydrogen-bond acceptors (Lipinski definition) is 3. The highest BCUT2D eigenvalue weighted by atomic mass is 16.5. The molecule has 0 aliphatic carbocycles. The Balaban J connectivity index is 1.86. The van der Waals surface area contributed by atoms with Crippen LogP contribution in [0.25, 0.3) is 0 Å². The monoisotopic (exact) mass is 318 g/mol. The van der Waals surface area contributed by atoms with Crippen molar-refractivity contribution in [2.75, 3.05) is 19.7 Å². The summed E-state index contributed by atoms with van der Waals surface area (Å²) in [5.74, 6) is 1.00. The van der Waals surface area contributed by atoms with Crippen molar-refractivity contribution in [1.82, 2.24) is 10.2 Å². The number of rotatable bonds is 5. The number of ether oxygens (including phenoxy) is 1. The molecule has 0 radical (unpaired) electrons. The first-order valence-electron chi connectivity index (χ1n) is 8.30. The second-order valence-electron chi connectivity index (χ2n) is 6.01. The van der Waals surface area contributed by atoms with Crippen molar-refractivity contribution >= 4 is 11.8 Å². The lowest BCUT2D eigenvalue weighted by atomic mass is 9.95. The van der Waals surface area contributed by atoms with Gasteiger partial charge in [-0.15, -0.1) is 0 Å². The summed E-state index contributed by atoms with van der Waals surface area (Å²) in [5, 5.41) is 3.08. The van der Waals surface area contributed by atoms with E-state index in [0.29, 0.717) is 19.7 Å². The highest BCUT2D eigenvalue weighted by Crippen LogP contribution is 2.21. The van der Waals surface area contributed by atoms with E-state index in [4.69, 9.17) is 4.74 Å². The molecule has 1 N–H and O–H groups in total. The van der Waals surface area contributed by atoms with Gasteiger partial charge in [-0.1, -0.05) is 12.1 Å². The summed E-state index contributed by atoms with van der Waals surface area (Å²) >= 11 is 0. The van der Waals surface area contributed by atoms with Crippen molar-refractivity contribution in [3.05, 3.63) is 29.8 Å². The topological polar surface area (TPSA) is 58.6 Å². The summed E-state index contributed by atoms with van der Waals surface area (Å²) in [4.78, 5) is 25.5. The number of likely N-dealkylation sites (tertiary alicyclic amines) is 1. The van der Waals surface area contributed by atoms with Crippen molar-refractivity contribution in [3.63, 3.8) is 0 Å². The molecular formula is C18H26N2O3. The van der Waals surface area contributed by atoms with Gasteiger partial charge in [0, 0.05) is 25.9 Å². The minimum atomic E-state index is -0.0380. The van der Waals surface area contributed by atoms with Crippen LogP contribution < -0.4 is 10.1 Å². The first-order valence-corrected chi connectivity index (χ1v) is 8.30. The Hall–Kier alpha value is -2.04. The Morgan fingerprint density at radius 1 is 1.26 bits per heavy atom. The van der Waals surface area contributed by atoms with E-state index < -0.39 is 0 Å². The van der Waals surface area contributed by atoms with E-state index in [1.807, 2.05) is 38.1 Å².